The summed E-state index contributed by atoms with van der Waals surface area (Å²) in [6, 6.07) is 1.57. The normalized spacial score (nSPS) is 10.5. The molecule has 0 saturated carbocycles. The maximum atomic E-state index is 10.5. The van der Waals surface area contributed by atoms with Crippen molar-refractivity contribution in [3.8, 4) is 0 Å². The molecule has 0 amide bonds. The van der Waals surface area contributed by atoms with Crippen molar-refractivity contribution in [2.45, 2.75) is 6.92 Å². The zero-order valence-corrected chi connectivity index (χ0v) is 6.71. The predicted octanol–water partition coefficient (Wildman–Crippen LogP) is 0.341. The summed E-state index contributed by atoms with van der Waals surface area (Å²) in [6.07, 6.45) is 1.30. The highest BCUT2D eigenvalue weighted by Crippen LogP contribution is 2.17. The lowest BCUT2D eigenvalue weighted by Crippen LogP contribution is -1.96. The Bertz CT molecular complexity index is 477. The first-order valence-electron chi connectivity index (χ1n) is 3.51. The Morgan fingerprint density at radius 2 is 2.38 bits per heavy atom. The van der Waals surface area contributed by atoms with E-state index in [0.29, 0.717) is 11.2 Å². The van der Waals surface area contributed by atoms with Crippen LogP contribution in [0.3, 0.4) is 0 Å². The molecule has 0 saturated heterocycles. The van der Waals surface area contributed by atoms with E-state index >= 15 is 0 Å². The van der Waals surface area contributed by atoms with E-state index < -0.39 is 4.92 Å². The van der Waals surface area contributed by atoms with Gasteiger partial charge in [0.05, 0.1) is 4.92 Å². The van der Waals surface area contributed by atoms with Crippen LogP contribution in [0, 0.1) is 17.0 Å². The third kappa shape index (κ3) is 1.10. The standard InChI is InChI=1S/C6H5N5O2/c1-4-2-6-7-8-9-10(6)3-5(4)11(12)13/h2-3H,1H3. The van der Waals surface area contributed by atoms with Crippen molar-refractivity contribution in [1.29, 1.82) is 0 Å². The third-order valence-electron chi connectivity index (χ3n) is 1.71. The van der Waals surface area contributed by atoms with Crippen LogP contribution in [0.5, 0.6) is 0 Å². The van der Waals surface area contributed by atoms with Gasteiger partial charge in [0, 0.05) is 5.56 Å². The summed E-state index contributed by atoms with van der Waals surface area (Å²) in [6.45, 7) is 1.65. The van der Waals surface area contributed by atoms with Crippen molar-refractivity contribution >= 4 is 11.3 Å². The second kappa shape index (κ2) is 2.47. The van der Waals surface area contributed by atoms with Crippen LogP contribution in [0.1, 0.15) is 5.56 Å². The largest absolute Gasteiger partial charge is 0.290 e. The van der Waals surface area contributed by atoms with Gasteiger partial charge in [-0.1, -0.05) is 0 Å². The lowest BCUT2D eigenvalue weighted by molar-refractivity contribution is -0.385. The molecule has 0 unspecified atom stereocenters. The fraction of sp³-hybridized carbons (Fsp3) is 0.167. The minimum Gasteiger partial charge on any atom is -0.258 e. The van der Waals surface area contributed by atoms with Crippen molar-refractivity contribution in [2.24, 2.45) is 0 Å². The number of fused-ring (bicyclic) bond motifs is 1. The topological polar surface area (TPSA) is 86.2 Å². The van der Waals surface area contributed by atoms with Gasteiger partial charge in [-0.2, -0.15) is 4.52 Å². The zero-order valence-electron chi connectivity index (χ0n) is 6.71. The number of aromatic nitrogens is 4. The van der Waals surface area contributed by atoms with Crippen molar-refractivity contribution in [2.75, 3.05) is 0 Å². The number of nitro groups is 1. The lowest BCUT2D eigenvalue weighted by Gasteiger charge is -1.95. The van der Waals surface area contributed by atoms with E-state index in [0.717, 1.165) is 0 Å². The highest BCUT2D eigenvalue weighted by atomic mass is 16.6. The van der Waals surface area contributed by atoms with Crippen LogP contribution < -0.4 is 0 Å². The van der Waals surface area contributed by atoms with Gasteiger partial charge in [0.25, 0.3) is 5.69 Å². The molecule has 0 spiro atoms. The molecule has 0 aromatic carbocycles. The first-order chi connectivity index (χ1) is 6.18. The molecule has 0 fully saturated rings. The van der Waals surface area contributed by atoms with Gasteiger partial charge in [0.1, 0.15) is 6.20 Å². The molecule has 2 rings (SSSR count). The van der Waals surface area contributed by atoms with Crippen LogP contribution in [0.15, 0.2) is 12.3 Å². The van der Waals surface area contributed by atoms with Gasteiger partial charge in [-0.25, -0.2) is 0 Å². The van der Waals surface area contributed by atoms with Crippen LogP contribution in [-0.4, -0.2) is 25.0 Å². The van der Waals surface area contributed by atoms with Crippen LogP contribution in [-0.2, 0) is 0 Å². The molecule has 7 heteroatoms. The Morgan fingerprint density at radius 1 is 1.62 bits per heavy atom. The van der Waals surface area contributed by atoms with Crippen molar-refractivity contribution in [1.82, 2.24) is 20.0 Å². The molecule has 2 aromatic rings. The lowest BCUT2D eigenvalue weighted by atomic mass is 10.2. The third-order valence-corrected chi connectivity index (χ3v) is 1.71. The van der Waals surface area contributed by atoms with Crippen LogP contribution in [0.2, 0.25) is 0 Å². The molecular weight excluding hydrogens is 174 g/mol. The summed E-state index contributed by atoms with van der Waals surface area (Å²) < 4.78 is 1.27. The van der Waals surface area contributed by atoms with Gasteiger partial charge in [0.15, 0.2) is 5.65 Å². The molecule has 0 radical (unpaired) electrons. The monoisotopic (exact) mass is 179 g/mol. The van der Waals surface area contributed by atoms with Gasteiger partial charge >= 0.3 is 0 Å². The Balaban J connectivity index is 2.76. The molecule has 0 aliphatic heterocycles. The average molecular weight is 179 g/mol. The molecule has 66 valence electrons. The zero-order chi connectivity index (χ0) is 9.42. The first kappa shape index (κ1) is 7.59. The summed E-state index contributed by atoms with van der Waals surface area (Å²) in [5, 5.41) is 21.1. The molecule has 13 heavy (non-hydrogen) atoms. The maximum Gasteiger partial charge on any atom is 0.290 e. The minimum atomic E-state index is -0.462. The molecule has 7 nitrogen and oxygen atoms in total. The average Bonchev–Trinajstić information content (AvgIpc) is 2.48. The Labute approximate surface area is 72.1 Å². The molecule has 0 aliphatic rings. The van der Waals surface area contributed by atoms with Crippen LogP contribution >= 0.6 is 0 Å². The molecule has 0 aliphatic carbocycles. The van der Waals surface area contributed by atoms with E-state index in [9.17, 15) is 10.1 Å². The van der Waals surface area contributed by atoms with Crippen molar-refractivity contribution < 1.29 is 4.92 Å². The number of tetrazole rings is 1. The number of aryl methyl sites for hydroxylation is 1. The Morgan fingerprint density at radius 3 is 3.08 bits per heavy atom. The minimum absolute atomic E-state index is 0.0137. The highest BCUT2D eigenvalue weighted by molar-refractivity contribution is 5.47. The number of hydrogen-bond donors (Lipinski definition) is 0. The van der Waals surface area contributed by atoms with E-state index in [1.54, 1.807) is 13.0 Å². The van der Waals surface area contributed by atoms with Crippen molar-refractivity contribution in [3.63, 3.8) is 0 Å². The second-order valence-corrected chi connectivity index (χ2v) is 2.58. The first-order valence-corrected chi connectivity index (χ1v) is 3.51. The van der Waals surface area contributed by atoms with Crippen molar-refractivity contribution in [3.05, 3.63) is 27.9 Å². The van der Waals surface area contributed by atoms with Gasteiger partial charge in [0.2, 0.25) is 0 Å². The summed E-state index contributed by atoms with van der Waals surface area (Å²) in [7, 11) is 0. The predicted molar refractivity (Wildman–Crippen MR) is 42.2 cm³/mol. The SMILES string of the molecule is Cc1cc2nnnn2cc1[N+](=O)[O-]. The second-order valence-electron chi connectivity index (χ2n) is 2.58. The molecular formula is C6H5N5O2. The molecule has 0 atom stereocenters. The van der Waals surface area contributed by atoms with E-state index in [1.807, 2.05) is 0 Å². The molecule has 0 bridgehead atoms. The van der Waals surface area contributed by atoms with E-state index in [-0.39, 0.29) is 5.69 Å². The van der Waals surface area contributed by atoms with E-state index in [4.69, 9.17) is 0 Å². The Hall–Kier alpha value is -2.05. The highest BCUT2D eigenvalue weighted by Gasteiger charge is 2.12. The summed E-state index contributed by atoms with van der Waals surface area (Å²) in [4.78, 5) is 10.0. The number of hydrogen-bond acceptors (Lipinski definition) is 5. The van der Waals surface area contributed by atoms with Gasteiger partial charge in [-0.05, 0) is 23.4 Å². The van der Waals surface area contributed by atoms with E-state index in [1.165, 1.54) is 10.7 Å². The van der Waals surface area contributed by atoms with E-state index in [2.05, 4.69) is 15.5 Å². The fourth-order valence-corrected chi connectivity index (χ4v) is 1.06. The number of nitrogens with zero attached hydrogens (tertiary/aromatic N) is 5. The summed E-state index contributed by atoms with van der Waals surface area (Å²) >= 11 is 0. The maximum absolute atomic E-state index is 10.5. The van der Waals surface area contributed by atoms with Crippen LogP contribution in [0.4, 0.5) is 5.69 Å². The summed E-state index contributed by atoms with van der Waals surface area (Å²) in [5.41, 5.74) is 1.07. The molecule has 2 aromatic heterocycles. The Kier molecular flexibility index (Phi) is 1.44. The van der Waals surface area contributed by atoms with Crippen LogP contribution in [0.25, 0.3) is 5.65 Å². The molecule has 2 heterocycles. The van der Waals surface area contributed by atoms with Gasteiger partial charge in [-0.15, -0.1) is 5.10 Å². The van der Waals surface area contributed by atoms with Gasteiger partial charge < -0.3 is 0 Å². The fourth-order valence-electron chi connectivity index (χ4n) is 1.06. The quantitative estimate of drug-likeness (QED) is 0.465. The van der Waals surface area contributed by atoms with Gasteiger partial charge in [-0.3, -0.25) is 10.1 Å². The summed E-state index contributed by atoms with van der Waals surface area (Å²) in [5.74, 6) is 0. The number of rotatable bonds is 1. The molecule has 0 N–H and O–H groups in total. The smallest absolute Gasteiger partial charge is 0.258 e. The number of pyridine rings is 1.